The van der Waals surface area contributed by atoms with Crippen LogP contribution in [0.2, 0.25) is 0 Å². The molecule has 0 radical (unpaired) electrons. The minimum Gasteiger partial charge on any atom is -0.0622 e. The van der Waals surface area contributed by atoms with Crippen molar-refractivity contribution in [2.75, 3.05) is 0 Å². The van der Waals surface area contributed by atoms with Crippen LogP contribution in [0.3, 0.4) is 0 Å². The highest BCUT2D eigenvalue weighted by Crippen LogP contribution is 2.30. The van der Waals surface area contributed by atoms with E-state index in [9.17, 15) is 0 Å². The fraction of sp³-hybridized carbons (Fsp3) is 0.0345. The number of hydrogen-bond acceptors (Lipinski definition) is 0. The molecule has 6 aromatic carbocycles. The maximum absolute atomic E-state index is 2.34. The molecule has 6 rings (SSSR count). The molecule has 0 unspecified atom stereocenters. The van der Waals surface area contributed by atoms with Crippen LogP contribution < -0.4 is 0 Å². The van der Waals surface area contributed by atoms with Crippen molar-refractivity contribution in [3.05, 3.63) is 120 Å². The zero-order valence-corrected chi connectivity index (χ0v) is 16.1. The van der Waals surface area contributed by atoms with Crippen LogP contribution in [0.15, 0.2) is 109 Å². The molecule has 136 valence electrons. The number of fused-ring (bicyclic) bond motifs is 4. The van der Waals surface area contributed by atoms with E-state index in [4.69, 9.17) is 0 Å². The highest BCUT2D eigenvalue weighted by molar-refractivity contribution is 6.08. The summed E-state index contributed by atoms with van der Waals surface area (Å²) >= 11 is 0. The summed E-state index contributed by atoms with van der Waals surface area (Å²) in [6.45, 7) is 0. The third kappa shape index (κ3) is 2.94. The van der Waals surface area contributed by atoms with E-state index in [0.29, 0.717) is 0 Å². The molecular weight excluding hydrogens is 348 g/mol. The van der Waals surface area contributed by atoms with Gasteiger partial charge >= 0.3 is 0 Å². The van der Waals surface area contributed by atoms with E-state index in [2.05, 4.69) is 109 Å². The fourth-order valence-electron chi connectivity index (χ4n) is 4.43. The second kappa shape index (κ2) is 6.46. The Kier molecular flexibility index (Phi) is 3.64. The summed E-state index contributed by atoms with van der Waals surface area (Å²) in [5.74, 6) is 0. The Morgan fingerprint density at radius 3 is 1.34 bits per heavy atom. The minimum atomic E-state index is 0.971. The van der Waals surface area contributed by atoms with Gasteiger partial charge in [-0.1, -0.05) is 72.8 Å². The average molecular weight is 368 g/mol. The lowest BCUT2D eigenvalue weighted by Crippen LogP contribution is -1.88. The maximum Gasteiger partial charge on any atom is -0.00256 e. The topological polar surface area (TPSA) is 0 Å². The molecule has 0 saturated heterocycles. The molecule has 29 heavy (non-hydrogen) atoms. The molecule has 0 atom stereocenters. The first kappa shape index (κ1) is 16.3. The van der Waals surface area contributed by atoms with Gasteiger partial charge in [-0.2, -0.15) is 0 Å². The van der Waals surface area contributed by atoms with E-state index in [0.717, 1.165) is 6.42 Å². The summed E-state index contributed by atoms with van der Waals surface area (Å²) in [5.41, 5.74) is 2.71. The summed E-state index contributed by atoms with van der Waals surface area (Å²) in [6.07, 6.45) is 0.971. The lowest BCUT2D eigenvalue weighted by Gasteiger charge is -2.09. The highest BCUT2D eigenvalue weighted by atomic mass is 14.1. The summed E-state index contributed by atoms with van der Waals surface area (Å²) < 4.78 is 0. The predicted octanol–water partition coefficient (Wildman–Crippen LogP) is 7.89. The second-order valence-electron chi connectivity index (χ2n) is 7.94. The van der Waals surface area contributed by atoms with Crippen molar-refractivity contribution in [3.8, 4) is 0 Å². The van der Waals surface area contributed by atoms with Crippen molar-refractivity contribution in [1.29, 1.82) is 0 Å². The molecule has 0 fully saturated rings. The zero-order valence-electron chi connectivity index (χ0n) is 16.1. The first-order valence-corrected chi connectivity index (χ1v) is 10.1. The smallest absolute Gasteiger partial charge is 0.00256 e. The van der Waals surface area contributed by atoms with Gasteiger partial charge in [0.15, 0.2) is 0 Å². The normalized spacial score (nSPS) is 11.6. The molecule has 0 heterocycles. The molecule has 0 spiro atoms. The third-order valence-electron chi connectivity index (χ3n) is 5.93. The van der Waals surface area contributed by atoms with Gasteiger partial charge in [0, 0.05) is 0 Å². The highest BCUT2D eigenvalue weighted by Gasteiger charge is 2.04. The van der Waals surface area contributed by atoms with E-state index >= 15 is 0 Å². The average Bonchev–Trinajstić information content (AvgIpc) is 2.75. The van der Waals surface area contributed by atoms with Crippen molar-refractivity contribution in [3.63, 3.8) is 0 Å². The Balaban J connectivity index is 1.51. The van der Waals surface area contributed by atoms with Crippen molar-refractivity contribution >= 4 is 43.1 Å². The third-order valence-corrected chi connectivity index (χ3v) is 5.93. The molecule has 0 aliphatic heterocycles. The molecule has 0 N–H and O–H groups in total. The van der Waals surface area contributed by atoms with E-state index in [-0.39, 0.29) is 0 Å². The van der Waals surface area contributed by atoms with Crippen molar-refractivity contribution in [2.45, 2.75) is 6.42 Å². The summed E-state index contributed by atoms with van der Waals surface area (Å²) in [7, 11) is 0. The summed E-state index contributed by atoms with van der Waals surface area (Å²) in [6, 6.07) is 40.1. The largest absolute Gasteiger partial charge is 0.0622 e. The van der Waals surface area contributed by atoms with Crippen molar-refractivity contribution < 1.29 is 0 Å². The Labute approximate surface area is 170 Å². The first-order chi connectivity index (χ1) is 14.3. The van der Waals surface area contributed by atoms with Gasteiger partial charge in [-0.25, -0.2) is 0 Å². The molecule has 0 nitrogen and oxygen atoms in total. The van der Waals surface area contributed by atoms with Crippen LogP contribution in [0.25, 0.3) is 43.1 Å². The van der Waals surface area contributed by atoms with E-state index in [1.165, 1.54) is 54.2 Å². The summed E-state index contributed by atoms with van der Waals surface area (Å²) in [5, 5.41) is 10.4. The lowest BCUT2D eigenvalue weighted by atomic mass is 9.96. The predicted molar refractivity (Wildman–Crippen MR) is 126 cm³/mol. The molecular formula is C29H20. The van der Waals surface area contributed by atoms with Crippen molar-refractivity contribution in [2.24, 2.45) is 0 Å². The molecule has 0 aliphatic carbocycles. The van der Waals surface area contributed by atoms with Crippen LogP contribution in [0.1, 0.15) is 11.1 Å². The fourth-order valence-corrected chi connectivity index (χ4v) is 4.43. The van der Waals surface area contributed by atoms with E-state index in [1.807, 2.05) is 0 Å². The molecule has 0 saturated carbocycles. The van der Waals surface area contributed by atoms with Gasteiger partial charge in [-0.3, -0.25) is 0 Å². The van der Waals surface area contributed by atoms with Crippen LogP contribution in [0.5, 0.6) is 0 Å². The van der Waals surface area contributed by atoms with Crippen LogP contribution in [0.4, 0.5) is 0 Å². The molecule has 0 heteroatoms. The van der Waals surface area contributed by atoms with Gasteiger partial charge < -0.3 is 0 Å². The molecule has 0 bridgehead atoms. The Morgan fingerprint density at radius 1 is 0.310 bits per heavy atom. The van der Waals surface area contributed by atoms with Gasteiger partial charge in [0.05, 0.1) is 0 Å². The van der Waals surface area contributed by atoms with Gasteiger partial charge in [0.1, 0.15) is 0 Å². The van der Waals surface area contributed by atoms with Gasteiger partial charge in [0.2, 0.25) is 0 Å². The number of rotatable bonds is 2. The van der Waals surface area contributed by atoms with Gasteiger partial charge in [-0.05, 0) is 97.0 Å². The van der Waals surface area contributed by atoms with E-state index in [1.54, 1.807) is 0 Å². The van der Waals surface area contributed by atoms with Gasteiger partial charge in [-0.15, -0.1) is 0 Å². The molecule has 0 amide bonds. The van der Waals surface area contributed by atoms with Crippen LogP contribution in [-0.4, -0.2) is 0 Å². The number of benzene rings is 6. The van der Waals surface area contributed by atoms with Crippen LogP contribution in [-0.2, 0) is 6.42 Å². The quantitative estimate of drug-likeness (QED) is 0.273. The first-order valence-electron chi connectivity index (χ1n) is 10.1. The lowest BCUT2D eigenvalue weighted by molar-refractivity contribution is 1.20. The second-order valence-corrected chi connectivity index (χ2v) is 7.94. The minimum absolute atomic E-state index is 0.971. The Morgan fingerprint density at radius 2 is 0.759 bits per heavy atom. The zero-order chi connectivity index (χ0) is 19.2. The van der Waals surface area contributed by atoms with Crippen LogP contribution in [0, 0.1) is 0 Å². The Hall–Kier alpha value is -3.64. The summed E-state index contributed by atoms with van der Waals surface area (Å²) in [4.78, 5) is 0. The Bertz CT molecular complexity index is 1510. The molecule has 6 aromatic rings. The van der Waals surface area contributed by atoms with Crippen molar-refractivity contribution in [1.82, 2.24) is 0 Å². The number of hydrogen-bond donors (Lipinski definition) is 0. The SMILES string of the molecule is c1ccc(Cc2ccc3cc4cc5cc6ccccc6cc5cc4cc3c2)cc1. The van der Waals surface area contributed by atoms with Gasteiger partial charge in [0.25, 0.3) is 0 Å². The molecule has 0 aromatic heterocycles. The monoisotopic (exact) mass is 368 g/mol. The van der Waals surface area contributed by atoms with Crippen LogP contribution >= 0.6 is 0 Å². The van der Waals surface area contributed by atoms with E-state index < -0.39 is 0 Å². The molecule has 0 aliphatic rings. The maximum atomic E-state index is 2.34. The standard InChI is InChI=1S/C29H20/c1-2-6-20(7-3-1)12-21-10-11-24-16-28-18-26-14-22-8-4-5-9-23(22)15-27(26)19-29(28)17-25(24)13-21/h1-11,13-19H,12H2.